The van der Waals surface area contributed by atoms with E-state index >= 15 is 0 Å². The summed E-state index contributed by atoms with van der Waals surface area (Å²) < 4.78 is 0. The monoisotopic (exact) mass is 306 g/mol. The van der Waals surface area contributed by atoms with E-state index in [9.17, 15) is 14.4 Å². The summed E-state index contributed by atoms with van der Waals surface area (Å²) in [5.41, 5.74) is 0.843. The van der Waals surface area contributed by atoms with Gasteiger partial charge in [0.05, 0.1) is 13.0 Å². The molecule has 7 heteroatoms. The van der Waals surface area contributed by atoms with Crippen molar-refractivity contribution in [2.24, 2.45) is 0 Å². The third-order valence-electron chi connectivity index (χ3n) is 3.40. The van der Waals surface area contributed by atoms with E-state index in [1.54, 1.807) is 0 Å². The van der Waals surface area contributed by atoms with Crippen molar-refractivity contribution in [3.63, 3.8) is 0 Å². The van der Waals surface area contributed by atoms with Gasteiger partial charge in [0.25, 0.3) is 5.91 Å². The lowest BCUT2D eigenvalue weighted by Gasteiger charge is -2.33. The molecular formula is C15H18N2O5. The molecule has 2 atom stereocenters. The first-order valence-corrected chi connectivity index (χ1v) is 7.01. The Morgan fingerprint density at radius 2 is 2.09 bits per heavy atom. The number of amides is 2. The molecule has 1 aliphatic rings. The molecule has 1 fully saturated rings. The van der Waals surface area contributed by atoms with Crippen molar-refractivity contribution in [1.82, 2.24) is 10.4 Å². The van der Waals surface area contributed by atoms with Gasteiger partial charge >= 0.3 is 5.97 Å². The molecular weight excluding hydrogens is 288 g/mol. The molecule has 2 amide bonds. The zero-order chi connectivity index (χ0) is 16.1. The number of carbonyl (C=O) groups is 3. The summed E-state index contributed by atoms with van der Waals surface area (Å²) >= 11 is 0. The van der Waals surface area contributed by atoms with Crippen LogP contribution >= 0.6 is 0 Å². The van der Waals surface area contributed by atoms with Crippen molar-refractivity contribution in [3.05, 3.63) is 35.9 Å². The summed E-state index contributed by atoms with van der Waals surface area (Å²) in [5.74, 6) is -1.98. The first-order valence-electron chi connectivity index (χ1n) is 7.01. The Hall–Kier alpha value is -2.41. The summed E-state index contributed by atoms with van der Waals surface area (Å²) in [6.07, 6.45) is 0.488. The number of nitrogens with one attached hydrogen (secondary N) is 1. The van der Waals surface area contributed by atoms with Crippen LogP contribution in [0.5, 0.6) is 0 Å². The molecule has 0 spiro atoms. The van der Waals surface area contributed by atoms with Crippen molar-refractivity contribution in [1.29, 1.82) is 0 Å². The van der Waals surface area contributed by atoms with Crippen LogP contribution in [-0.2, 0) is 25.6 Å². The van der Waals surface area contributed by atoms with Gasteiger partial charge in [-0.05, 0) is 12.5 Å². The van der Waals surface area contributed by atoms with Gasteiger partial charge in [-0.1, -0.05) is 30.3 Å². The van der Waals surface area contributed by atoms with Gasteiger partial charge in [0, 0.05) is 6.42 Å². The lowest BCUT2D eigenvalue weighted by molar-refractivity contribution is -0.218. The Morgan fingerprint density at radius 3 is 2.73 bits per heavy atom. The van der Waals surface area contributed by atoms with Crippen LogP contribution in [-0.4, -0.2) is 46.6 Å². The van der Waals surface area contributed by atoms with Crippen LogP contribution < -0.4 is 5.32 Å². The van der Waals surface area contributed by atoms with E-state index in [1.165, 1.54) is 6.92 Å². The third kappa shape index (κ3) is 3.82. The predicted octanol–water partition coefficient (Wildman–Crippen LogP) is 0.351. The molecule has 2 rings (SSSR count). The number of rotatable bonds is 5. The number of hydrogen-bond acceptors (Lipinski definition) is 4. The van der Waals surface area contributed by atoms with E-state index in [2.05, 4.69) is 5.32 Å². The third-order valence-corrected chi connectivity index (χ3v) is 3.40. The number of benzene rings is 1. The SMILES string of the molecule is CC(C(=O)O)N1OCC[C@@H](NC(=O)Cc2ccccc2)C1=O. The number of carboxylic acids is 1. The van der Waals surface area contributed by atoms with Crippen molar-refractivity contribution < 1.29 is 24.3 Å². The fraction of sp³-hybridized carbons (Fsp3) is 0.400. The summed E-state index contributed by atoms with van der Waals surface area (Å²) in [6, 6.07) is 7.31. The van der Waals surface area contributed by atoms with Crippen LogP contribution in [0, 0.1) is 0 Å². The van der Waals surface area contributed by atoms with Gasteiger partial charge in [0.15, 0.2) is 6.04 Å². The fourth-order valence-electron chi connectivity index (χ4n) is 2.17. The first kappa shape index (κ1) is 16.0. The molecule has 0 radical (unpaired) electrons. The zero-order valence-corrected chi connectivity index (χ0v) is 12.2. The highest BCUT2D eigenvalue weighted by molar-refractivity contribution is 5.90. The molecule has 1 unspecified atom stereocenters. The van der Waals surface area contributed by atoms with Gasteiger partial charge in [0.2, 0.25) is 5.91 Å². The van der Waals surface area contributed by atoms with Crippen LogP contribution in [0.2, 0.25) is 0 Å². The topological polar surface area (TPSA) is 95.9 Å². The summed E-state index contributed by atoms with van der Waals surface area (Å²) in [4.78, 5) is 40.2. The largest absolute Gasteiger partial charge is 0.480 e. The maximum atomic E-state index is 12.2. The Morgan fingerprint density at radius 1 is 1.41 bits per heavy atom. The highest BCUT2D eigenvalue weighted by atomic mass is 16.7. The lowest BCUT2D eigenvalue weighted by atomic mass is 10.1. The highest BCUT2D eigenvalue weighted by Crippen LogP contribution is 2.13. The van der Waals surface area contributed by atoms with Gasteiger partial charge in [0.1, 0.15) is 6.04 Å². The van der Waals surface area contributed by atoms with Crippen LogP contribution in [0.3, 0.4) is 0 Å². The fourth-order valence-corrected chi connectivity index (χ4v) is 2.17. The maximum Gasteiger partial charge on any atom is 0.328 e. The molecule has 2 N–H and O–H groups in total. The second kappa shape index (κ2) is 7.04. The van der Waals surface area contributed by atoms with E-state index < -0.39 is 24.0 Å². The van der Waals surface area contributed by atoms with Crippen molar-refractivity contribution in [3.8, 4) is 0 Å². The quantitative estimate of drug-likeness (QED) is 0.818. The Labute approximate surface area is 127 Å². The van der Waals surface area contributed by atoms with Gasteiger partial charge in [-0.15, -0.1) is 0 Å². The van der Waals surface area contributed by atoms with Crippen molar-refractivity contribution in [2.45, 2.75) is 31.8 Å². The van der Waals surface area contributed by atoms with E-state index in [1.807, 2.05) is 30.3 Å². The first-order chi connectivity index (χ1) is 10.5. The zero-order valence-electron chi connectivity index (χ0n) is 12.2. The number of carboxylic acid groups (broad SMARTS) is 1. The molecule has 1 aromatic rings. The minimum atomic E-state index is -1.16. The van der Waals surface area contributed by atoms with Gasteiger partial charge in [-0.3, -0.25) is 14.4 Å². The minimum absolute atomic E-state index is 0.167. The number of nitrogens with zero attached hydrogens (tertiary/aromatic N) is 1. The van der Waals surface area contributed by atoms with Crippen LogP contribution in [0.25, 0.3) is 0 Å². The average molecular weight is 306 g/mol. The van der Waals surface area contributed by atoms with Crippen LogP contribution in [0.4, 0.5) is 0 Å². The predicted molar refractivity (Wildman–Crippen MR) is 76.6 cm³/mol. The van der Waals surface area contributed by atoms with E-state index in [-0.39, 0.29) is 18.9 Å². The maximum absolute atomic E-state index is 12.2. The van der Waals surface area contributed by atoms with Crippen LogP contribution in [0.1, 0.15) is 18.9 Å². The molecule has 22 heavy (non-hydrogen) atoms. The molecule has 0 aromatic heterocycles. The lowest BCUT2D eigenvalue weighted by Crippen LogP contribution is -2.56. The van der Waals surface area contributed by atoms with E-state index in [0.29, 0.717) is 6.42 Å². The Bertz CT molecular complexity index is 560. The molecule has 118 valence electrons. The highest BCUT2D eigenvalue weighted by Gasteiger charge is 2.36. The Kier molecular flexibility index (Phi) is 5.11. The van der Waals surface area contributed by atoms with Gasteiger partial charge < -0.3 is 10.4 Å². The molecule has 0 saturated carbocycles. The van der Waals surface area contributed by atoms with Crippen LogP contribution in [0.15, 0.2) is 30.3 Å². The summed E-state index contributed by atoms with van der Waals surface area (Å²) in [7, 11) is 0. The number of aliphatic carboxylic acids is 1. The normalized spacial score (nSPS) is 19.6. The van der Waals surface area contributed by atoms with Crippen molar-refractivity contribution >= 4 is 17.8 Å². The average Bonchev–Trinajstić information content (AvgIpc) is 2.49. The molecule has 1 saturated heterocycles. The van der Waals surface area contributed by atoms with Gasteiger partial charge in [-0.25, -0.2) is 9.86 Å². The molecule has 7 nitrogen and oxygen atoms in total. The smallest absolute Gasteiger partial charge is 0.328 e. The standard InChI is InChI=1S/C15H18N2O5/c1-10(15(20)21)17-14(19)12(7-8-22-17)16-13(18)9-11-5-3-2-4-6-11/h2-6,10,12H,7-9H2,1H3,(H,16,18)(H,20,21)/t10?,12-/m1/s1. The number of hydrogen-bond donors (Lipinski definition) is 2. The van der Waals surface area contributed by atoms with Crippen molar-refractivity contribution in [2.75, 3.05) is 6.61 Å². The molecule has 1 heterocycles. The molecule has 0 aliphatic carbocycles. The second-order valence-electron chi connectivity index (χ2n) is 5.08. The summed E-state index contributed by atoms with van der Waals surface area (Å²) in [6.45, 7) is 1.54. The molecule has 0 bridgehead atoms. The number of carbonyl (C=O) groups excluding carboxylic acids is 2. The second-order valence-corrected chi connectivity index (χ2v) is 5.08. The molecule has 1 aromatic carbocycles. The van der Waals surface area contributed by atoms with E-state index in [4.69, 9.17) is 9.94 Å². The number of hydroxylamine groups is 2. The summed E-state index contributed by atoms with van der Waals surface area (Å²) in [5, 5.41) is 12.4. The molecule has 1 aliphatic heterocycles. The Balaban J connectivity index is 1.95. The minimum Gasteiger partial charge on any atom is -0.480 e. The van der Waals surface area contributed by atoms with E-state index in [0.717, 1.165) is 10.6 Å². The van der Waals surface area contributed by atoms with Gasteiger partial charge in [-0.2, -0.15) is 0 Å².